The van der Waals surface area contributed by atoms with Crippen molar-refractivity contribution in [2.24, 2.45) is 0 Å². The molecule has 0 aliphatic rings. The van der Waals surface area contributed by atoms with Crippen molar-refractivity contribution < 1.29 is 0 Å². The van der Waals surface area contributed by atoms with Crippen molar-refractivity contribution in [2.75, 3.05) is 0 Å². The monoisotopic (exact) mass is 396 g/mol. The Morgan fingerprint density at radius 1 is 0.933 bits per heavy atom. The molecule has 0 nitrogen and oxygen atoms in total. The van der Waals surface area contributed by atoms with Gasteiger partial charge in [0.2, 0.25) is 0 Å². The first kappa shape index (κ1) is 13.7. The molecular weight excluding hydrogens is 384 g/mol. The predicted octanol–water partition coefficient (Wildman–Crippen LogP) is 6.10. The minimum Gasteiger partial charge on any atom is -0.0654 e. The molecule has 0 atom stereocenters. The Bertz CT molecular complexity index is 298. The number of unbranched alkanes of at least 4 members (excludes halogenated alkanes) is 3. The van der Waals surface area contributed by atoms with Gasteiger partial charge in [-0.05, 0) is 30.5 Å². The smallest absolute Gasteiger partial charge is 0.0229 e. The Balaban J connectivity index is 2.60. The van der Waals surface area contributed by atoms with Crippen LogP contribution in [-0.2, 0) is 6.42 Å². The second kappa shape index (κ2) is 7.08. The van der Waals surface area contributed by atoms with Crippen LogP contribution < -0.4 is 0 Å². The highest BCUT2D eigenvalue weighted by Crippen LogP contribution is 2.31. The van der Waals surface area contributed by atoms with Crippen molar-refractivity contribution in [3.8, 4) is 0 Å². The van der Waals surface area contributed by atoms with E-state index in [0.717, 1.165) is 10.9 Å². The summed E-state index contributed by atoms with van der Waals surface area (Å²) in [5.74, 6) is 0. The molecule has 0 spiro atoms. The van der Waals surface area contributed by atoms with Crippen LogP contribution in [0.25, 0.3) is 0 Å². The number of halogens is 3. The van der Waals surface area contributed by atoms with E-state index in [1.807, 2.05) is 0 Å². The molecule has 0 heterocycles. The zero-order valence-corrected chi connectivity index (χ0v) is 13.6. The van der Waals surface area contributed by atoms with Crippen LogP contribution in [0.15, 0.2) is 25.6 Å². The maximum atomic E-state index is 3.61. The summed E-state index contributed by atoms with van der Waals surface area (Å²) >= 11 is 10.7. The van der Waals surface area contributed by atoms with Gasteiger partial charge in [0.1, 0.15) is 0 Å². The van der Waals surface area contributed by atoms with E-state index >= 15 is 0 Å². The highest BCUT2D eigenvalue weighted by atomic mass is 79.9. The summed E-state index contributed by atoms with van der Waals surface area (Å²) in [7, 11) is 0. The number of rotatable bonds is 5. The lowest BCUT2D eigenvalue weighted by Crippen LogP contribution is -1.90. The molecule has 0 saturated heterocycles. The standard InChI is InChI=1S/C12H15Br3/c1-2-3-4-5-6-10-11(14)7-9(13)8-12(10)15/h7-8H,2-6H2,1H3. The quantitative estimate of drug-likeness (QED) is 0.526. The highest BCUT2D eigenvalue weighted by molar-refractivity contribution is 9.11. The zero-order valence-electron chi connectivity index (χ0n) is 8.82. The Kier molecular flexibility index (Phi) is 6.48. The van der Waals surface area contributed by atoms with Crippen molar-refractivity contribution in [2.45, 2.75) is 39.0 Å². The van der Waals surface area contributed by atoms with E-state index in [4.69, 9.17) is 0 Å². The molecule has 84 valence electrons. The molecule has 1 aromatic carbocycles. The number of benzene rings is 1. The van der Waals surface area contributed by atoms with E-state index in [0.29, 0.717) is 0 Å². The summed E-state index contributed by atoms with van der Waals surface area (Å²) in [6, 6.07) is 4.22. The second-order valence-corrected chi connectivity index (χ2v) is 6.28. The van der Waals surface area contributed by atoms with E-state index < -0.39 is 0 Å². The molecule has 3 heteroatoms. The molecule has 0 unspecified atom stereocenters. The van der Waals surface area contributed by atoms with Gasteiger partial charge in [0, 0.05) is 13.4 Å². The Hall–Kier alpha value is 0.660. The van der Waals surface area contributed by atoms with Crippen molar-refractivity contribution in [1.82, 2.24) is 0 Å². The van der Waals surface area contributed by atoms with Crippen molar-refractivity contribution in [3.05, 3.63) is 31.1 Å². The molecule has 1 aromatic rings. The van der Waals surface area contributed by atoms with Gasteiger partial charge in [-0.25, -0.2) is 0 Å². The molecule has 1 rings (SSSR count). The van der Waals surface area contributed by atoms with Gasteiger partial charge in [-0.1, -0.05) is 74.0 Å². The van der Waals surface area contributed by atoms with Gasteiger partial charge in [0.05, 0.1) is 0 Å². The molecule has 0 N–H and O–H groups in total. The van der Waals surface area contributed by atoms with Gasteiger partial charge >= 0.3 is 0 Å². The fourth-order valence-electron chi connectivity index (χ4n) is 1.54. The summed E-state index contributed by atoms with van der Waals surface area (Å²) < 4.78 is 3.50. The van der Waals surface area contributed by atoms with Gasteiger partial charge in [-0.15, -0.1) is 0 Å². The van der Waals surface area contributed by atoms with E-state index in [2.05, 4.69) is 66.8 Å². The topological polar surface area (TPSA) is 0 Å². The summed E-state index contributed by atoms with van der Waals surface area (Å²) in [6.07, 6.45) is 6.38. The molecule has 0 radical (unpaired) electrons. The summed E-state index contributed by atoms with van der Waals surface area (Å²) in [5, 5.41) is 0. The summed E-state index contributed by atoms with van der Waals surface area (Å²) in [5.41, 5.74) is 1.38. The van der Waals surface area contributed by atoms with Crippen LogP contribution in [0.2, 0.25) is 0 Å². The first-order valence-electron chi connectivity index (χ1n) is 5.28. The van der Waals surface area contributed by atoms with Gasteiger partial charge in [-0.3, -0.25) is 0 Å². The first-order valence-corrected chi connectivity index (χ1v) is 7.66. The molecule has 0 aromatic heterocycles. The second-order valence-electron chi connectivity index (χ2n) is 3.66. The lowest BCUT2D eigenvalue weighted by molar-refractivity contribution is 0.665. The van der Waals surface area contributed by atoms with Crippen molar-refractivity contribution in [3.63, 3.8) is 0 Å². The van der Waals surface area contributed by atoms with Crippen LogP contribution in [0.1, 0.15) is 38.2 Å². The number of hydrogen-bond acceptors (Lipinski definition) is 0. The molecule has 0 fully saturated rings. The molecular formula is C12H15Br3. The van der Waals surface area contributed by atoms with E-state index in [1.54, 1.807) is 0 Å². The van der Waals surface area contributed by atoms with Gasteiger partial charge < -0.3 is 0 Å². The van der Waals surface area contributed by atoms with E-state index in [9.17, 15) is 0 Å². The van der Waals surface area contributed by atoms with Crippen LogP contribution in [0.5, 0.6) is 0 Å². The SMILES string of the molecule is CCCCCCc1c(Br)cc(Br)cc1Br. The van der Waals surface area contributed by atoms with Crippen LogP contribution in [-0.4, -0.2) is 0 Å². The predicted molar refractivity (Wildman–Crippen MR) is 77.4 cm³/mol. The average molecular weight is 399 g/mol. The van der Waals surface area contributed by atoms with Gasteiger partial charge in [0.15, 0.2) is 0 Å². The lowest BCUT2D eigenvalue weighted by Gasteiger charge is -2.08. The third kappa shape index (κ3) is 4.58. The summed E-state index contributed by atoms with van der Waals surface area (Å²) in [4.78, 5) is 0. The van der Waals surface area contributed by atoms with E-state index in [1.165, 1.54) is 40.2 Å². The largest absolute Gasteiger partial charge is 0.0654 e. The van der Waals surface area contributed by atoms with E-state index in [-0.39, 0.29) is 0 Å². The Labute approximate surface area is 117 Å². The maximum Gasteiger partial charge on any atom is 0.0229 e. The van der Waals surface area contributed by atoms with Crippen molar-refractivity contribution >= 4 is 47.8 Å². The van der Waals surface area contributed by atoms with Gasteiger partial charge in [0.25, 0.3) is 0 Å². The van der Waals surface area contributed by atoms with Crippen LogP contribution >= 0.6 is 47.8 Å². The third-order valence-electron chi connectivity index (χ3n) is 2.39. The average Bonchev–Trinajstić information content (AvgIpc) is 2.15. The Morgan fingerprint density at radius 2 is 1.53 bits per heavy atom. The molecule has 0 aliphatic heterocycles. The van der Waals surface area contributed by atoms with Crippen LogP contribution in [0.3, 0.4) is 0 Å². The molecule has 15 heavy (non-hydrogen) atoms. The maximum absolute atomic E-state index is 3.61. The van der Waals surface area contributed by atoms with Crippen molar-refractivity contribution in [1.29, 1.82) is 0 Å². The first-order chi connectivity index (χ1) is 7.15. The molecule has 0 bridgehead atoms. The number of hydrogen-bond donors (Lipinski definition) is 0. The fraction of sp³-hybridized carbons (Fsp3) is 0.500. The molecule has 0 aliphatic carbocycles. The van der Waals surface area contributed by atoms with Gasteiger partial charge in [-0.2, -0.15) is 0 Å². The lowest BCUT2D eigenvalue weighted by atomic mass is 10.1. The highest BCUT2D eigenvalue weighted by Gasteiger charge is 2.06. The molecule has 0 saturated carbocycles. The van der Waals surface area contributed by atoms with Crippen LogP contribution in [0.4, 0.5) is 0 Å². The minimum atomic E-state index is 1.11. The zero-order chi connectivity index (χ0) is 11.3. The molecule has 0 amide bonds. The normalized spacial score (nSPS) is 10.7. The fourth-order valence-corrected chi connectivity index (χ4v) is 4.19. The summed E-state index contributed by atoms with van der Waals surface area (Å²) in [6.45, 7) is 2.24. The minimum absolute atomic E-state index is 1.11. The Morgan fingerprint density at radius 3 is 2.07 bits per heavy atom. The third-order valence-corrected chi connectivity index (χ3v) is 4.26. The van der Waals surface area contributed by atoms with Crippen LogP contribution in [0, 0.1) is 0 Å².